The normalized spacial score (nSPS) is 11.5. The van der Waals surface area contributed by atoms with E-state index in [1.54, 1.807) is 18.7 Å². The van der Waals surface area contributed by atoms with Crippen LogP contribution in [0.4, 0.5) is 0 Å². The summed E-state index contributed by atoms with van der Waals surface area (Å²) in [5, 5.41) is 18.2. The molecule has 4 heteroatoms. The lowest BCUT2D eigenvalue weighted by atomic mass is 9.92. The van der Waals surface area contributed by atoms with Gasteiger partial charge in [-0.05, 0) is 6.92 Å². The molecule has 0 unspecified atom stereocenters. The van der Waals surface area contributed by atoms with Crippen molar-refractivity contribution in [3.63, 3.8) is 0 Å². The van der Waals surface area contributed by atoms with Gasteiger partial charge in [-0.3, -0.25) is 4.79 Å². The Morgan fingerprint density at radius 2 is 1.79 bits per heavy atom. The van der Waals surface area contributed by atoms with Crippen LogP contribution in [0.3, 0.4) is 0 Å². The van der Waals surface area contributed by atoms with Gasteiger partial charge in [-0.1, -0.05) is 13.8 Å². The highest BCUT2D eigenvalue weighted by Gasteiger charge is 2.26. The topological polar surface area (TPSA) is 60.8 Å². The van der Waals surface area contributed by atoms with Crippen LogP contribution in [-0.2, 0) is 4.79 Å². The van der Waals surface area contributed by atoms with Crippen LogP contribution in [0.1, 0.15) is 27.2 Å². The standard InChI is InChI=1S/C10H21NO3/c1-4-9(14)11(5-2)6-10(3,7-12)8-13/h12-13H,4-8H2,1-3H3. The van der Waals surface area contributed by atoms with Gasteiger partial charge >= 0.3 is 0 Å². The first-order chi connectivity index (χ1) is 6.52. The second kappa shape index (κ2) is 5.98. The molecule has 0 saturated heterocycles. The molecule has 0 fully saturated rings. The summed E-state index contributed by atoms with van der Waals surface area (Å²) < 4.78 is 0. The number of rotatable bonds is 6. The summed E-state index contributed by atoms with van der Waals surface area (Å²) >= 11 is 0. The quantitative estimate of drug-likeness (QED) is 0.650. The first-order valence-corrected chi connectivity index (χ1v) is 5.02. The van der Waals surface area contributed by atoms with Crippen molar-refractivity contribution in [2.45, 2.75) is 27.2 Å². The third-order valence-corrected chi connectivity index (χ3v) is 2.37. The Morgan fingerprint density at radius 1 is 1.29 bits per heavy atom. The van der Waals surface area contributed by atoms with Crippen molar-refractivity contribution in [2.75, 3.05) is 26.3 Å². The zero-order valence-electron chi connectivity index (χ0n) is 9.29. The minimum absolute atomic E-state index is 0.0561. The Hall–Kier alpha value is -0.610. The average molecular weight is 203 g/mol. The Morgan fingerprint density at radius 3 is 2.07 bits per heavy atom. The number of carbonyl (C=O) groups excluding carboxylic acids is 1. The molecule has 0 aromatic carbocycles. The molecule has 0 aliphatic heterocycles. The minimum atomic E-state index is -0.596. The molecule has 0 spiro atoms. The van der Waals surface area contributed by atoms with E-state index < -0.39 is 5.41 Å². The van der Waals surface area contributed by atoms with Crippen molar-refractivity contribution in [1.82, 2.24) is 4.90 Å². The Labute approximate surface area is 85.5 Å². The molecule has 4 nitrogen and oxygen atoms in total. The molecule has 1 amide bonds. The Balaban J connectivity index is 4.36. The molecule has 0 aliphatic rings. The summed E-state index contributed by atoms with van der Waals surface area (Å²) in [4.78, 5) is 13.1. The van der Waals surface area contributed by atoms with Gasteiger partial charge < -0.3 is 15.1 Å². The first kappa shape index (κ1) is 13.4. The summed E-state index contributed by atoms with van der Waals surface area (Å²) in [6, 6.07) is 0. The lowest BCUT2D eigenvalue weighted by molar-refractivity contribution is -0.133. The molecule has 2 N–H and O–H groups in total. The molecule has 0 aromatic heterocycles. The SMILES string of the molecule is CCC(=O)N(CC)CC(C)(CO)CO. The molecule has 0 bridgehead atoms. The third-order valence-electron chi connectivity index (χ3n) is 2.37. The van der Waals surface area contributed by atoms with E-state index in [2.05, 4.69) is 0 Å². The maximum absolute atomic E-state index is 11.4. The first-order valence-electron chi connectivity index (χ1n) is 5.02. The number of nitrogens with zero attached hydrogens (tertiary/aromatic N) is 1. The highest BCUT2D eigenvalue weighted by atomic mass is 16.3. The van der Waals surface area contributed by atoms with Gasteiger partial charge in [0.05, 0.1) is 13.2 Å². The van der Waals surface area contributed by atoms with Crippen LogP contribution >= 0.6 is 0 Å². The van der Waals surface area contributed by atoms with E-state index in [-0.39, 0.29) is 19.1 Å². The highest BCUT2D eigenvalue weighted by Crippen LogP contribution is 2.16. The number of amides is 1. The average Bonchev–Trinajstić information content (AvgIpc) is 2.24. The molecule has 0 saturated carbocycles. The van der Waals surface area contributed by atoms with Crippen molar-refractivity contribution in [3.05, 3.63) is 0 Å². The number of hydrogen-bond donors (Lipinski definition) is 2. The number of aliphatic hydroxyl groups excluding tert-OH is 2. The van der Waals surface area contributed by atoms with Crippen LogP contribution in [0.25, 0.3) is 0 Å². The van der Waals surface area contributed by atoms with Crippen LogP contribution in [0, 0.1) is 5.41 Å². The fourth-order valence-electron chi connectivity index (χ4n) is 1.21. The molecule has 0 aliphatic carbocycles. The maximum atomic E-state index is 11.4. The van der Waals surface area contributed by atoms with Crippen molar-refractivity contribution in [2.24, 2.45) is 5.41 Å². The molecule has 84 valence electrons. The molecular formula is C10H21NO3. The zero-order valence-corrected chi connectivity index (χ0v) is 9.29. The molecular weight excluding hydrogens is 182 g/mol. The van der Waals surface area contributed by atoms with Gasteiger partial charge in [-0.25, -0.2) is 0 Å². The van der Waals surface area contributed by atoms with Crippen LogP contribution < -0.4 is 0 Å². The van der Waals surface area contributed by atoms with Crippen molar-refractivity contribution in [3.8, 4) is 0 Å². The second-order valence-corrected chi connectivity index (χ2v) is 3.89. The van der Waals surface area contributed by atoms with Crippen LogP contribution in [0.5, 0.6) is 0 Å². The van der Waals surface area contributed by atoms with Gasteiger partial charge in [0.1, 0.15) is 0 Å². The number of hydrogen-bond acceptors (Lipinski definition) is 3. The van der Waals surface area contributed by atoms with Crippen molar-refractivity contribution in [1.29, 1.82) is 0 Å². The van der Waals surface area contributed by atoms with Gasteiger partial charge in [0, 0.05) is 24.9 Å². The van der Waals surface area contributed by atoms with E-state index >= 15 is 0 Å². The minimum Gasteiger partial charge on any atom is -0.396 e. The fraction of sp³-hybridized carbons (Fsp3) is 0.900. The van der Waals surface area contributed by atoms with Gasteiger partial charge in [0.2, 0.25) is 5.91 Å². The van der Waals surface area contributed by atoms with E-state index in [4.69, 9.17) is 10.2 Å². The highest BCUT2D eigenvalue weighted by molar-refractivity contribution is 5.75. The summed E-state index contributed by atoms with van der Waals surface area (Å²) in [6.45, 7) is 6.25. The number of aliphatic hydroxyl groups is 2. The summed E-state index contributed by atoms with van der Waals surface area (Å²) in [6.07, 6.45) is 0.459. The monoisotopic (exact) mass is 203 g/mol. The van der Waals surface area contributed by atoms with Crippen LogP contribution in [0.15, 0.2) is 0 Å². The van der Waals surface area contributed by atoms with Gasteiger partial charge in [-0.15, -0.1) is 0 Å². The van der Waals surface area contributed by atoms with E-state index in [0.717, 1.165) is 0 Å². The molecule has 0 atom stereocenters. The predicted molar refractivity (Wildman–Crippen MR) is 54.8 cm³/mol. The molecule has 0 rings (SSSR count). The van der Waals surface area contributed by atoms with E-state index in [9.17, 15) is 4.79 Å². The van der Waals surface area contributed by atoms with Crippen LogP contribution in [-0.4, -0.2) is 47.3 Å². The largest absolute Gasteiger partial charge is 0.396 e. The van der Waals surface area contributed by atoms with E-state index in [1.807, 2.05) is 6.92 Å². The summed E-state index contributed by atoms with van der Waals surface area (Å²) in [5.74, 6) is 0.0561. The number of carbonyl (C=O) groups is 1. The Bertz CT molecular complexity index is 178. The van der Waals surface area contributed by atoms with Crippen LogP contribution in [0.2, 0.25) is 0 Å². The summed E-state index contributed by atoms with van der Waals surface area (Å²) in [5.41, 5.74) is -0.596. The van der Waals surface area contributed by atoms with Gasteiger partial charge in [0.25, 0.3) is 0 Å². The lowest BCUT2D eigenvalue weighted by Crippen LogP contribution is -2.43. The predicted octanol–water partition coefficient (Wildman–Crippen LogP) is 0.236. The lowest BCUT2D eigenvalue weighted by Gasteiger charge is -2.32. The Kier molecular flexibility index (Phi) is 5.72. The molecule has 0 radical (unpaired) electrons. The smallest absolute Gasteiger partial charge is 0.222 e. The van der Waals surface area contributed by atoms with E-state index in [1.165, 1.54) is 0 Å². The summed E-state index contributed by atoms with van der Waals surface area (Å²) in [7, 11) is 0. The van der Waals surface area contributed by atoms with Crippen molar-refractivity contribution >= 4 is 5.91 Å². The zero-order chi connectivity index (χ0) is 11.2. The van der Waals surface area contributed by atoms with E-state index in [0.29, 0.717) is 19.5 Å². The molecule has 0 heterocycles. The molecule has 14 heavy (non-hydrogen) atoms. The maximum Gasteiger partial charge on any atom is 0.222 e. The second-order valence-electron chi connectivity index (χ2n) is 3.89. The van der Waals surface area contributed by atoms with Crippen molar-refractivity contribution < 1.29 is 15.0 Å². The fourth-order valence-corrected chi connectivity index (χ4v) is 1.21. The molecule has 0 aromatic rings. The van der Waals surface area contributed by atoms with Gasteiger partial charge in [-0.2, -0.15) is 0 Å². The van der Waals surface area contributed by atoms with Gasteiger partial charge in [0.15, 0.2) is 0 Å². The third kappa shape index (κ3) is 3.64.